The van der Waals surface area contributed by atoms with E-state index < -0.39 is 18.7 Å². The minimum Gasteiger partial charge on any atom is -0.435 e. The average Bonchev–Trinajstić information content (AvgIpc) is 3.65. The number of benzene rings is 2. The van der Waals surface area contributed by atoms with Gasteiger partial charge < -0.3 is 9.47 Å². The molecule has 0 bridgehead atoms. The van der Waals surface area contributed by atoms with Crippen LogP contribution in [0, 0.1) is 0 Å². The average molecular weight is 471 g/mol. The Labute approximate surface area is 190 Å². The molecular weight excluding hydrogens is 454 g/mol. The standard InChI is InChI=1S/C24H17F4N3O3/c25-23(26)33-16-7-3-14(4-8-16)19-21(32)20(15-5-9-17(10-6-15)34-24(27)28)30-31-12-11-18(13-1-2-13)29-22(19)31/h3-13,23-24H,1-2H2. The number of alkyl halides is 4. The first-order valence-corrected chi connectivity index (χ1v) is 10.4. The highest BCUT2D eigenvalue weighted by Gasteiger charge is 2.26. The summed E-state index contributed by atoms with van der Waals surface area (Å²) in [4.78, 5) is 18.3. The number of fused-ring (bicyclic) bond motifs is 1. The Morgan fingerprint density at radius 1 is 0.824 bits per heavy atom. The van der Waals surface area contributed by atoms with E-state index in [-0.39, 0.29) is 22.8 Å². The highest BCUT2D eigenvalue weighted by Crippen LogP contribution is 2.39. The van der Waals surface area contributed by atoms with Crippen molar-refractivity contribution < 1.29 is 27.0 Å². The minimum absolute atomic E-state index is 0.0429. The summed E-state index contributed by atoms with van der Waals surface area (Å²) in [6.07, 6.45) is 3.74. The van der Waals surface area contributed by atoms with Crippen LogP contribution in [0.4, 0.5) is 17.6 Å². The van der Waals surface area contributed by atoms with Crippen molar-refractivity contribution in [1.82, 2.24) is 14.6 Å². The zero-order chi connectivity index (χ0) is 23.8. The van der Waals surface area contributed by atoms with Gasteiger partial charge in [0.25, 0.3) is 0 Å². The molecule has 4 aromatic rings. The Morgan fingerprint density at radius 2 is 1.38 bits per heavy atom. The van der Waals surface area contributed by atoms with Gasteiger partial charge in [-0.1, -0.05) is 12.1 Å². The summed E-state index contributed by atoms with van der Waals surface area (Å²) in [5.41, 5.74) is 1.90. The van der Waals surface area contributed by atoms with E-state index in [1.165, 1.54) is 53.0 Å². The van der Waals surface area contributed by atoms with Gasteiger partial charge in [0, 0.05) is 23.4 Å². The van der Waals surface area contributed by atoms with Gasteiger partial charge in [0.05, 0.1) is 5.56 Å². The molecule has 2 aromatic heterocycles. The lowest BCUT2D eigenvalue weighted by Crippen LogP contribution is -2.17. The van der Waals surface area contributed by atoms with Crippen LogP contribution in [0.3, 0.4) is 0 Å². The highest BCUT2D eigenvalue weighted by atomic mass is 19.3. The van der Waals surface area contributed by atoms with E-state index in [4.69, 9.17) is 0 Å². The van der Waals surface area contributed by atoms with Crippen molar-refractivity contribution in [1.29, 1.82) is 0 Å². The number of hydrogen-bond acceptors (Lipinski definition) is 5. The molecule has 0 saturated heterocycles. The molecule has 5 rings (SSSR count). The number of halogens is 4. The predicted molar refractivity (Wildman–Crippen MR) is 115 cm³/mol. The van der Waals surface area contributed by atoms with Gasteiger partial charge >= 0.3 is 13.2 Å². The molecule has 0 spiro atoms. The fourth-order valence-corrected chi connectivity index (χ4v) is 3.71. The monoisotopic (exact) mass is 471 g/mol. The molecule has 1 saturated carbocycles. The van der Waals surface area contributed by atoms with Crippen molar-refractivity contribution in [2.24, 2.45) is 0 Å². The highest BCUT2D eigenvalue weighted by molar-refractivity contribution is 5.81. The lowest BCUT2D eigenvalue weighted by Gasteiger charge is -2.12. The number of rotatable bonds is 7. The first-order valence-electron chi connectivity index (χ1n) is 10.4. The molecule has 6 nitrogen and oxygen atoms in total. The molecule has 2 heterocycles. The Balaban J connectivity index is 1.66. The first-order chi connectivity index (χ1) is 16.4. The van der Waals surface area contributed by atoms with Gasteiger partial charge in [0.2, 0.25) is 5.43 Å². The van der Waals surface area contributed by atoms with Crippen LogP contribution >= 0.6 is 0 Å². The molecule has 1 fully saturated rings. The molecule has 34 heavy (non-hydrogen) atoms. The Bertz CT molecular complexity index is 1390. The maximum Gasteiger partial charge on any atom is 0.387 e. The third kappa shape index (κ3) is 4.43. The van der Waals surface area contributed by atoms with Gasteiger partial charge in [-0.25, -0.2) is 9.50 Å². The van der Waals surface area contributed by atoms with Crippen LogP contribution in [0.25, 0.3) is 28.0 Å². The van der Waals surface area contributed by atoms with Crippen molar-refractivity contribution >= 4 is 5.65 Å². The second-order valence-corrected chi connectivity index (χ2v) is 7.75. The second kappa shape index (κ2) is 8.77. The van der Waals surface area contributed by atoms with Crippen molar-refractivity contribution in [2.75, 3.05) is 0 Å². The summed E-state index contributed by atoms with van der Waals surface area (Å²) < 4.78 is 60.3. The molecule has 0 radical (unpaired) electrons. The summed E-state index contributed by atoms with van der Waals surface area (Å²) in [6, 6.07) is 13.1. The lowest BCUT2D eigenvalue weighted by molar-refractivity contribution is -0.0505. The fraction of sp³-hybridized carbons (Fsp3) is 0.208. The molecule has 0 aliphatic heterocycles. The molecular formula is C24H17F4N3O3. The molecule has 10 heteroatoms. The van der Waals surface area contributed by atoms with E-state index in [1.807, 2.05) is 6.07 Å². The number of aromatic nitrogens is 3. The maximum atomic E-state index is 13.6. The normalized spacial score (nSPS) is 13.6. The molecule has 2 aromatic carbocycles. The van der Waals surface area contributed by atoms with Crippen molar-refractivity contribution in [3.05, 3.63) is 76.7 Å². The van der Waals surface area contributed by atoms with Crippen LogP contribution in [0.2, 0.25) is 0 Å². The Hall–Kier alpha value is -3.95. The van der Waals surface area contributed by atoms with Crippen molar-refractivity contribution in [2.45, 2.75) is 32.0 Å². The van der Waals surface area contributed by atoms with Crippen LogP contribution in [-0.4, -0.2) is 27.8 Å². The quantitative estimate of drug-likeness (QED) is 0.333. The van der Waals surface area contributed by atoms with E-state index in [1.54, 1.807) is 6.20 Å². The van der Waals surface area contributed by atoms with E-state index in [2.05, 4.69) is 19.6 Å². The molecule has 0 atom stereocenters. The number of hydrogen-bond donors (Lipinski definition) is 0. The number of nitrogens with zero attached hydrogens (tertiary/aromatic N) is 3. The van der Waals surface area contributed by atoms with Gasteiger partial charge in [-0.15, -0.1) is 0 Å². The van der Waals surface area contributed by atoms with E-state index in [9.17, 15) is 22.4 Å². The lowest BCUT2D eigenvalue weighted by atomic mass is 10.0. The molecule has 1 aliphatic rings. The summed E-state index contributed by atoms with van der Waals surface area (Å²) in [6.45, 7) is -5.93. The minimum atomic E-state index is -2.97. The topological polar surface area (TPSA) is 65.7 Å². The Kier molecular flexibility index (Phi) is 5.64. The third-order valence-corrected chi connectivity index (χ3v) is 5.43. The van der Waals surface area contributed by atoms with Gasteiger partial charge in [0.1, 0.15) is 17.2 Å². The summed E-state index contributed by atoms with van der Waals surface area (Å²) in [5.74, 6) is 0.237. The predicted octanol–water partition coefficient (Wildman–Crippen LogP) is 5.50. The second-order valence-electron chi connectivity index (χ2n) is 7.75. The van der Waals surface area contributed by atoms with Crippen LogP contribution in [0.15, 0.2) is 65.6 Å². The first kappa shape index (κ1) is 21.9. The van der Waals surface area contributed by atoms with Crippen molar-refractivity contribution in [3.8, 4) is 33.9 Å². The SMILES string of the molecule is O=c1c(-c2ccc(OC(F)F)cc2)nn2ccc(C3CC3)nc2c1-c1ccc(OC(F)F)cc1. The smallest absolute Gasteiger partial charge is 0.387 e. The molecule has 0 N–H and O–H groups in total. The van der Waals surface area contributed by atoms with Gasteiger partial charge in [-0.05, 0) is 60.9 Å². The molecule has 0 unspecified atom stereocenters. The fourth-order valence-electron chi connectivity index (χ4n) is 3.71. The zero-order valence-corrected chi connectivity index (χ0v) is 17.5. The van der Waals surface area contributed by atoms with E-state index in [0.29, 0.717) is 22.7 Å². The summed E-state index contributed by atoms with van der Waals surface area (Å²) >= 11 is 0. The summed E-state index contributed by atoms with van der Waals surface area (Å²) in [7, 11) is 0. The van der Waals surface area contributed by atoms with Crippen LogP contribution in [-0.2, 0) is 0 Å². The molecule has 174 valence electrons. The van der Waals surface area contributed by atoms with Crippen molar-refractivity contribution in [3.63, 3.8) is 0 Å². The zero-order valence-electron chi connectivity index (χ0n) is 17.5. The maximum absolute atomic E-state index is 13.6. The van der Waals surface area contributed by atoms with Crippen LogP contribution in [0.1, 0.15) is 24.5 Å². The van der Waals surface area contributed by atoms with Gasteiger partial charge in [-0.3, -0.25) is 4.79 Å². The van der Waals surface area contributed by atoms with E-state index >= 15 is 0 Å². The van der Waals surface area contributed by atoms with Crippen LogP contribution < -0.4 is 14.9 Å². The Morgan fingerprint density at radius 3 is 1.91 bits per heavy atom. The number of ether oxygens (including phenoxy) is 2. The molecule has 1 aliphatic carbocycles. The summed E-state index contributed by atoms with van der Waals surface area (Å²) in [5, 5.41) is 4.43. The van der Waals surface area contributed by atoms with Gasteiger partial charge in [-0.2, -0.15) is 22.7 Å². The molecule has 0 amide bonds. The largest absolute Gasteiger partial charge is 0.435 e. The van der Waals surface area contributed by atoms with Gasteiger partial charge in [0.15, 0.2) is 5.65 Å². The third-order valence-electron chi connectivity index (χ3n) is 5.43. The van der Waals surface area contributed by atoms with E-state index in [0.717, 1.165) is 18.5 Å². The van der Waals surface area contributed by atoms with Crippen LogP contribution in [0.5, 0.6) is 11.5 Å².